The van der Waals surface area contributed by atoms with Gasteiger partial charge in [0.2, 0.25) is 0 Å². The first kappa shape index (κ1) is 14.3. The van der Waals surface area contributed by atoms with Crippen LogP contribution in [-0.2, 0) is 6.42 Å². The Kier molecular flexibility index (Phi) is 4.76. The number of ketones is 1. The summed E-state index contributed by atoms with van der Waals surface area (Å²) in [5.74, 6) is 1.90. The monoisotopic (exact) mass is 259 g/mol. The van der Waals surface area contributed by atoms with E-state index in [-0.39, 0.29) is 5.92 Å². The number of nitrogens with two attached hydrogens (primary N) is 1. The van der Waals surface area contributed by atoms with Crippen LogP contribution in [0.4, 0.5) is 0 Å². The normalized spacial score (nSPS) is 27.2. The van der Waals surface area contributed by atoms with Gasteiger partial charge in [-0.25, -0.2) is 0 Å². The van der Waals surface area contributed by atoms with Gasteiger partial charge in [0.1, 0.15) is 0 Å². The molecule has 1 aliphatic carbocycles. The summed E-state index contributed by atoms with van der Waals surface area (Å²) in [6, 6.07) is 8.01. The minimum Gasteiger partial charge on any atom is -0.330 e. The van der Waals surface area contributed by atoms with Crippen molar-refractivity contribution in [1.82, 2.24) is 0 Å². The van der Waals surface area contributed by atoms with E-state index in [0.717, 1.165) is 24.8 Å². The Balaban J connectivity index is 2.06. The van der Waals surface area contributed by atoms with E-state index in [9.17, 15) is 4.79 Å². The molecule has 2 nitrogen and oxygen atoms in total. The van der Waals surface area contributed by atoms with Crippen molar-refractivity contribution in [3.8, 4) is 0 Å². The van der Waals surface area contributed by atoms with Gasteiger partial charge < -0.3 is 5.73 Å². The average Bonchev–Trinajstić information content (AvgIpc) is 2.38. The van der Waals surface area contributed by atoms with Crippen LogP contribution in [0.5, 0.6) is 0 Å². The topological polar surface area (TPSA) is 43.1 Å². The molecular formula is C17H25NO. The average molecular weight is 259 g/mol. The third kappa shape index (κ3) is 3.66. The van der Waals surface area contributed by atoms with Crippen LogP contribution < -0.4 is 5.73 Å². The Bertz CT molecular complexity index is 413. The molecule has 0 spiro atoms. The Hall–Kier alpha value is -1.15. The van der Waals surface area contributed by atoms with E-state index in [0.29, 0.717) is 24.2 Å². The quantitative estimate of drug-likeness (QED) is 0.842. The maximum atomic E-state index is 12.5. The Morgan fingerprint density at radius 1 is 1.11 bits per heavy atom. The summed E-state index contributed by atoms with van der Waals surface area (Å²) in [5.41, 5.74) is 7.62. The zero-order valence-corrected chi connectivity index (χ0v) is 12.1. The number of hydrogen-bond acceptors (Lipinski definition) is 2. The maximum Gasteiger partial charge on any atom is 0.165 e. The predicted octanol–water partition coefficient (Wildman–Crippen LogP) is 3.44. The van der Waals surface area contributed by atoms with E-state index in [1.165, 1.54) is 12.0 Å². The zero-order valence-electron chi connectivity index (χ0n) is 12.1. The van der Waals surface area contributed by atoms with Gasteiger partial charge in [-0.3, -0.25) is 4.79 Å². The van der Waals surface area contributed by atoms with Crippen LogP contribution in [0.15, 0.2) is 24.3 Å². The van der Waals surface area contributed by atoms with Crippen molar-refractivity contribution in [2.75, 3.05) is 6.54 Å². The fourth-order valence-electron chi connectivity index (χ4n) is 3.40. The number of benzene rings is 1. The van der Waals surface area contributed by atoms with Gasteiger partial charge in [-0.2, -0.15) is 0 Å². The van der Waals surface area contributed by atoms with Crippen molar-refractivity contribution < 1.29 is 4.79 Å². The summed E-state index contributed by atoms with van der Waals surface area (Å²) in [6.45, 7) is 5.19. The Morgan fingerprint density at radius 3 is 2.21 bits per heavy atom. The molecular weight excluding hydrogens is 234 g/mol. The second-order valence-corrected chi connectivity index (χ2v) is 6.21. The lowest BCUT2D eigenvalue weighted by atomic mass is 9.74. The molecule has 2 unspecified atom stereocenters. The van der Waals surface area contributed by atoms with Gasteiger partial charge in [0, 0.05) is 11.5 Å². The van der Waals surface area contributed by atoms with Crippen LogP contribution in [0.2, 0.25) is 0 Å². The first-order chi connectivity index (χ1) is 9.10. The summed E-state index contributed by atoms with van der Waals surface area (Å²) in [6.07, 6.45) is 4.24. The van der Waals surface area contributed by atoms with Crippen LogP contribution in [0.1, 0.15) is 49.0 Å². The van der Waals surface area contributed by atoms with Crippen LogP contribution in [0, 0.1) is 17.8 Å². The fourth-order valence-corrected chi connectivity index (χ4v) is 3.40. The van der Waals surface area contributed by atoms with Gasteiger partial charge in [-0.15, -0.1) is 0 Å². The second kappa shape index (κ2) is 6.33. The SMILES string of the molecule is CC1CC(C)CC(C(=O)c2ccc(CCN)cc2)C1. The first-order valence-electron chi connectivity index (χ1n) is 7.43. The molecule has 2 N–H and O–H groups in total. The van der Waals surface area contributed by atoms with E-state index in [2.05, 4.69) is 13.8 Å². The summed E-state index contributed by atoms with van der Waals surface area (Å²) >= 11 is 0. The van der Waals surface area contributed by atoms with E-state index >= 15 is 0 Å². The van der Waals surface area contributed by atoms with Gasteiger partial charge in [-0.05, 0) is 49.6 Å². The highest BCUT2D eigenvalue weighted by Crippen LogP contribution is 2.34. The molecule has 0 radical (unpaired) electrons. The lowest BCUT2D eigenvalue weighted by molar-refractivity contribution is 0.0836. The molecule has 19 heavy (non-hydrogen) atoms. The van der Waals surface area contributed by atoms with E-state index in [1.807, 2.05) is 24.3 Å². The molecule has 2 atom stereocenters. The van der Waals surface area contributed by atoms with Crippen LogP contribution in [0.25, 0.3) is 0 Å². The molecule has 1 aromatic carbocycles. The minimum atomic E-state index is 0.221. The second-order valence-electron chi connectivity index (χ2n) is 6.21. The van der Waals surface area contributed by atoms with Crippen molar-refractivity contribution >= 4 is 5.78 Å². The molecule has 2 heteroatoms. The summed E-state index contributed by atoms with van der Waals surface area (Å²) in [5, 5.41) is 0. The van der Waals surface area contributed by atoms with Crippen LogP contribution >= 0.6 is 0 Å². The first-order valence-corrected chi connectivity index (χ1v) is 7.43. The fraction of sp³-hybridized carbons (Fsp3) is 0.588. The van der Waals surface area contributed by atoms with Crippen molar-refractivity contribution in [2.45, 2.75) is 39.5 Å². The highest BCUT2D eigenvalue weighted by atomic mass is 16.1. The standard InChI is InChI=1S/C17H25NO/c1-12-9-13(2)11-16(10-12)17(19)15-5-3-14(4-6-15)7-8-18/h3-6,12-13,16H,7-11,18H2,1-2H3. The summed E-state index contributed by atoms with van der Waals surface area (Å²) < 4.78 is 0. The van der Waals surface area contributed by atoms with Crippen molar-refractivity contribution in [3.05, 3.63) is 35.4 Å². The number of Topliss-reactive ketones (excluding diaryl/α,β-unsaturated/α-hetero) is 1. The third-order valence-corrected chi connectivity index (χ3v) is 4.22. The highest BCUT2D eigenvalue weighted by Gasteiger charge is 2.29. The molecule has 0 heterocycles. The molecule has 1 saturated carbocycles. The number of hydrogen-bond donors (Lipinski definition) is 1. The van der Waals surface area contributed by atoms with Crippen LogP contribution in [0.3, 0.4) is 0 Å². The van der Waals surface area contributed by atoms with Crippen molar-refractivity contribution in [3.63, 3.8) is 0 Å². The van der Waals surface area contributed by atoms with Gasteiger partial charge >= 0.3 is 0 Å². The molecule has 1 aliphatic rings. The smallest absolute Gasteiger partial charge is 0.165 e. The van der Waals surface area contributed by atoms with Gasteiger partial charge in [-0.1, -0.05) is 38.1 Å². The van der Waals surface area contributed by atoms with Gasteiger partial charge in [0.25, 0.3) is 0 Å². The van der Waals surface area contributed by atoms with Gasteiger partial charge in [0.05, 0.1) is 0 Å². The molecule has 0 aromatic heterocycles. The number of rotatable bonds is 4. The largest absolute Gasteiger partial charge is 0.330 e. The molecule has 1 aromatic rings. The van der Waals surface area contributed by atoms with Crippen LogP contribution in [-0.4, -0.2) is 12.3 Å². The van der Waals surface area contributed by atoms with Crippen molar-refractivity contribution in [1.29, 1.82) is 0 Å². The highest BCUT2D eigenvalue weighted by molar-refractivity contribution is 5.97. The van der Waals surface area contributed by atoms with E-state index < -0.39 is 0 Å². The molecule has 0 aliphatic heterocycles. The van der Waals surface area contributed by atoms with E-state index in [4.69, 9.17) is 5.73 Å². The molecule has 0 amide bonds. The minimum absolute atomic E-state index is 0.221. The molecule has 104 valence electrons. The van der Waals surface area contributed by atoms with Gasteiger partial charge in [0.15, 0.2) is 5.78 Å². The van der Waals surface area contributed by atoms with E-state index in [1.54, 1.807) is 0 Å². The maximum absolute atomic E-state index is 12.5. The number of carbonyl (C=O) groups is 1. The molecule has 1 fully saturated rings. The zero-order chi connectivity index (χ0) is 13.8. The molecule has 2 rings (SSSR count). The Labute approximate surface area is 116 Å². The van der Waals surface area contributed by atoms with Crippen molar-refractivity contribution in [2.24, 2.45) is 23.5 Å². The molecule has 0 saturated heterocycles. The number of carbonyl (C=O) groups excluding carboxylic acids is 1. The Morgan fingerprint density at radius 2 is 1.68 bits per heavy atom. The lowest BCUT2D eigenvalue weighted by Crippen LogP contribution is -2.26. The summed E-state index contributed by atoms with van der Waals surface area (Å²) in [7, 11) is 0. The third-order valence-electron chi connectivity index (χ3n) is 4.22. The summed E-state index contributed by atoms with van der Waals surface area (Å²) in [4.78, 5) is 12.5. The molecule has 0 bridgehead atoms. The predicted molar refractivity (Wildman–Crippen MR) is 79.2 cm³/mol. The lowest BCUT2D eigenvalue weighted by Gasteiger charge is -2.30.